The van der Waals surface area contributed by atoms with Crippen molar-refractivity contribution in [1.82, 2.24) is 0 Å². The Balaban J connectivity index is 0.00000289. The van der Waals surface area contributed by atoms with E-state index in [2.05, 4.69) is 10.1 Å². The van der Waals surface area contributed by atoms with Crippen molar-refractivity contribution in [3.63, 3.8) is 0 Å². The number of carbonyl (C=O) groups excluding carboxylic acids is 1. The average Bonchev–Trinajstić information content (AvgIpc) is 2.32. The van der Waals surface area contributed by atoms with Gasteiger partial charge in [-0.2, -0.15) is 5.26 Å². The Hall–Kier alpha value is -0.494. The van der Waals surface area contributed by atoms with Crippen molar-refractivity contribution in [3.8, 4) is 6.07 Å². The summed E-state index contributed by atoms with van der Waals surface area (Å²) in [7, 11) is 1.13. The molecule has 18 heavy (non-hydrogen) atoms. The summed E-state index contributed by atoms with van der Waals surface area (Å²) in [4.78, 5) is 11.2. The third-order valence-corrected chi connectivity index (χ3v) is 2.16. The average molecular weight is 290 g/mol. The quantitative estimate of drug-likeness (QED) is 0.246. The Morgan fingerprint density at radius 2 is 2.11 bits per heavy atom. The van der Waals surface area contributed by atoms with Crippen LogP contribution in [0.1, 0.15) is 0 Å². The van der Waals surface area contributed by atoms with Crippen molar-refractivity contribution in [2.24, 2.45) is 0 Å². The number of benzene rings is 1. The maximum atomic E-state index is 13.3. The van der Waals surface area contributed by atoms with E-state index < -0.39 is 11.8 Å². The molecule has 88 valence electrons. The van der Waals surface area contributed by atoms with Crippen molar-refractivity contribution in [2.75, 3.05) is 12.4 Å². The van der Waals surface area contributed by atoms with Crippen LogP contribution < -0.4 is 56.7 Å². The number of halogens is 1. The predicted octanol–water partition coefficient (Wildman–Crippen LogP) is -1.30. The fourth-order valence-electron chi connectivity index (χ4n) is 1.04. The van der Waals surface area contributed by atoms with Gasteiger partial charge in [-0.1, -0.05) is 17.2 Å². The number of nitrogens with zero attached hydrogens (tertiary/aromatic N) is 1. The van der Waals surface area contributed by atoms with E-state index in [0.29, 0.717) is 0 Å². The summed E-state index contributed by atoms with van der Waals surface area (Å²) < 4.78 is 17.6. The molecular weight excluding hydrogens is 282 g/mol. The second-order valence-electron chi connectivity index (χ2n) is 2.91. The first-order valence-corrected chi connectivity index (χ1v) is 4.92. The van der Waals surface area contributed by atoms with Crippen LogP contribution in [-0.4, -0.2) is 13.1 Å². The number of rotatable bonds is 3. The molecule has 1 rings (SSSR count). The normalized spacial score (nSPS) is 10.5. The maximum Gasteiger partial charge on any atom is 1.00 e. The molecule has 0 aliphatic heterocycles. The molecule has 0 saturated heterocycles. The van der Waals surface area contributed by atoms with E-state index in [1.165, 1.54) is 18.2 Å². The molecule has 0 unspecified atom stereocenters. The van der Waals surface area contributed by atoms with Crippen LogP contribution in [0.4, 0.5) is 10.1 Å². The number of hydrogen-bond acceptors (Lipinski definition) is 5. The van der Waals surface area contributed by atoms with Gasteiger partial charge in [0.15, 0.2) is 0 Å². The van der Waals surface area contributed by atoms with Gasteiger partial charge in [-0.15, -0.1) is 0 Å². The third kappa shape index (κ3) is 4.64. The van der Waals surface area contributed by atoms with Gasteiger partial charge < -0.3 is 22.7 Å². The molecular formula is C11H8FKN2O2S. The number of methoxy groups -OCH3 is 1. The van der Waals surface area contributed by atoms with Crippen LogP contribution >= 0.6 is 0 Å². The molecule has 4 nitrogen and oxygen atoms in total. The first-order chi connectivity index (χ1) is 8.10. The zero-order valence-corrected chi connectivity index (χ0v) is 13.8. The Kier molecular flexibility index (Phi) is 8.35. The van der Waals surface area contributed by atoms with E-state index >= 15 is 0 Å². The molecule has 0 heterocycles. The molecule has 0 aliphatic carbocycles. The molecule has 0 aromatic heterocycles. The van der Waals surface area contributed by atoms with Gasteiger partial charge in [-0.3, -0.25) is 0 Å². The number of nitrogens with one attached hydrogen (secondary N) is 1. The number of hydrogen-bond donors (Lipinski definition) is 1. The predicted molar refractivity (Wildman–Crippen MR) is 62.0 cm³/mol. The summed E-state index contributed by atoms with van der Waals surface area (Å²) in [5.74, 6) is -1.39. The Morgan fingerprint density at radius 1 is 1.50 bits per heavy atom. The number of carbonyl (C=O) groups is 1. The smallest absolute Gasteiger partial charge is 0.761 e. The van der Waals surface area contributed by atoms with Crippen molar-refractivity contribution in [2.45, 2.75) is 0 Å². The summed E-state index contributed by atoms with van der Waals surface area (Å²) in [6.45, 7) is 0. The van der Waals surface area contributed by atoms with E-state index in [-0.39, 0.29) is 67.7 Å². The van der Waals surface area contributed by atoms with Gasteiger partial charge in [0.25, 0.3) is 0 Å². The summed E-state index contributed by atoms with van der Waals surface area (Å²) >= 11 is 4.82. The van der Waals surface area contributed by atoms with Gasteiger partial charge in [0, 0.05) is 0 Å². The Morgan fingerprint density at radius 3 is 2.61 bits per heavy atom. The van der Waals surface area contributed by atoms with E-state index in [0.717, 1.165) is 7.11 Å². The number of ether oxygens (including phenoxy) is 1. The van der Waals surface area contributed by atoms with Crippen molar-refractivity contribution in [1.29, 1.82) is 5.26 Å². The van der Waals surface area contributed by atoms with Crippen LogP contribution in [0.5, 0.6) is 0 Å². The molecule has 0 atom stereocenters. The zero-order chi connectivity index (χ0) is 12.8. The van der Waals surface area contributed by atoms with E-state index in [9.17, 15) is 9.18 Å². The van der Waals surface area contributed by atoms with Gasteiger partial charge in [0.1, 0.15) is 17.5 Å². The van der Waals surface area contributed by atoms with E-state index in [1.807, 2.05) is 0 Å². The van der Waals surface area contributed by atoms with Gasteiger partial charge in [0.2, 0.25) is 0 Å². The maximum absolute atomic E-state index is 13.3. The van der Waals surface area contributed by atoms with Gasteiger partial charge in [-0.05, 0) is 12.1 Å². The topological polar surface area (TPSA) is 62.1 Å². The summed E-state index contributed by atoms with van der Waals surface area (Å²) in [5, 5.41) is 11.0. The van der Waals surface area contributed by atoms with Gasteiger partial charge in [-0.25, -0.2) is 9.18 Å². The summed E-state index contributed by atoms with van der Waals surface area (Å²) in [6, 6.07) is 7.39. The second-order valence-corrected chi connectivity index (χ2v) is 3.32. The van der Waals surface area contributed by atoms with Crippen LogP contribution in [0.25, 0.3) is 0 Å². The molecule has 0 bridgehead atoms. The Bertz CT molecular complexity index is 514. The monoisotopic (exact) mass is 290 g/mol. The molecule has 0 saturated carbocycles. The van der Waals surface area contributed by atoms with E-state index in [4.69, 9.17) is 17.9 Å². The zero-order valence-electron chi connectivity index (χ0n) is 9.86. The fraction of sp³-hybridized carbons (Fsp3) is 0.0909. The SMILES string of the molecule is COC(=O)/C(C#N)=C(\[S-])Nc1ccccc1F.[K+]. The minimum Gasteiger partial charge on any atom is -0.761 e. The molecule has 0 radical (unpaired) electrons. The van der Waals surface area contributed by atoms with Gasteiger partial charge >= 0.3 is 57.4 Å². The number of nitriles is 1. The number of esters is 1. The van der Waals surface area contributed by atoms with Crippen LogP contribution in [0.15, 0.2) is 34.9 Å². The number of para-hydroxylation sites is 1. The molecule has 7 heteroatoms. The first-order valence-electron chi connectivity index (χ1n) is 4.51. The molecule has 0 fully saturated rings. The van der Waals surface area contributed by atoms with Crippen molar-refractivity contribution in [3.05, 3.63) is 40.7 Å². The van der Waals surface area contributed by atoms with Crippen molar-refractivity contribution < 1.29 is 65.3 Å². The third-order valence-electron chi connectivity index (χ3n) is 1.85. The summed E-state index contributed by atoms with van der Waals surface area (Å²) in [6.07, 6.45) is 0. The number of anilines is 1. The second kappa shape index (κ2) is 8.58. The molecule has 0 spiro atoms. The molecule has 1 aromatic carbocycles. The minimum absolute atomic E-state index is 0. The largest absolute Gasteiger partial charge is 1.00 e. The fourth-order valence-corrected chi connectivity index (χ4v) is 1.28. The van der Waals surface area contributed by atoms with Crippen LogP contribution in [-0.2, 0) is 22.2 Å². The van der Waals surface area contributed by atoms with Crippen LogP contribution in [0.2, 0.25) is 0 Å². The molecule has 1 N–H and O–H groups in total. The van der Waals surface area contributed by atoms with E-state index in [1.54, 1.807) is 12.1 Å². The van der Waals surface area contributed by atoms with Crippen LogP contribution in [0, 0.1) is 17.1 Å². The van der Waals surface area contributed by atoms with Crippen LogP contribution in [0.3, 0.4) is 0 Å². The minimum atomic E-state index is -0.860. The Labute approximate surface area is 152 Å². The molecule has 1 aromatic rings. The van der Waals surface area contributed by atoms with Crippen molar-refractivity contribution >= 4 is 24.3 Å². The molecule has 0 aliphatic rings. The van der Waals surface area contributed by atoms with Gasteiger partial charge in [0.05, 0.1) is 12.8 Å². The first kappa shape index (κ1) is 17.5. The standard InChI is InChI=1S/C11H9FN2O2S.K/c1-16-11(15)7(6-13)10(17)14-9-5-3-2-4-8(9)12;/h2-5,14,17H,1H3;/q;+1/p-1/b10-7-;. The molecule has 0 amide bonds. The summed E-state index contributed by atoms with van der Waals surface area (Å²) in [5.41, 5.74) is -0.278.